The van der Waals surface area contributed by atoms with Crippen molar-refractivity contribution in [3.63, 3.8) is 0 Å². The van der Waals surface area contributed by atoms with Gasteiger partial charge in [-0.2, -0.15) is 8.42 Å². The standard InChI is InChI=1S/C17H21N3O4S2/c1-10(2)15-16(20-9-11(3)25-17(20)18-15)26(21,22)19-13-7-6-12(23-4)8-14(13)24-5/h6-10,19H,1-5H3. The molecule has 3 rings (SSSR count). The van der Waals surface area contributed by atoms with Crippen LogP contribution >= 0.6 is 11.3 Å². The fraction of sp³-hybridized carbons (Fsp3) is 0.353. The van der Waals surface area contributed by atoms with Gasteiger partial charge in [0.15, 0.2) is 9.99 Å². The summed E-state index contributed by atoms with van der Waals surface area (Å²) in [7, 11) is -0.860. The highest BCUT2D eigenvalue weighted by Gasteiger charge is 2.28. The van der Waals surface area contributed by atoms with E-state index in [2.05, 4.69) is 9.71 Å². The van der Waals surface area contributed by atoms with Crippen LogP contribution in [0.2, 0.25) is 0 Å². The van der Waals surface area contributed by atoms with E-state index in [0.29, 0.717) is 27.8 Å². The molecule has 1 aromatic carbocycles. The number of aryl methyl sites for hydroxylation is 1. The zero-order chi connectivity index (χ0) is 19.1. The van der Waals surface area contributed by atoms with Gasteiger partial charge in [-0.1, -0.05) is 13.8 Å². The minimum Gasteiger partial charge on any atom is -0.497 e. The highest BCUT2D eigenvalue weighted by molar-refractivity contribution is 7.92. The number of thiazole rings is 1. The molecule has 7 nitrogen and oxygen atoms in total. The second kappa shape index (κ2) is 6.81. The maximum atomic E-state index is 13.2. The molecule has 26 heavy (non-hydrogen) atoms. The lowest BCUT2D eigenvalue weighted by Crippen LogP contribution is -2.17. The zero-order valence-corrected chi connectivity index (χ0v) is 16.9. The number of anilines is 1. The summed E-state index contributed by atoms with van der Waals surface area (Å²) < 4.78 is 41.1. The Morgan fingerprint density at radius 1 is 1.23 bits per heavy atom. The number of benzene rings is 1. The van der Waals surface area contributed by atoms with E-state index in [1.807, 2.05) is 20.8 Å². The van der Waals surface area contributed by atoms with Crippen molar-refractivity contribution >= 4 is 32.0 Å². The first kappa shape index (κ1) is 18.5. The molecular weight excluding hydrogens is 374 g/mol. The second-order valence-electron chi connectivity index (χ2n) is 6.12. The molecule has 0 saturated carbocycles. The number of imidazole rings is 1. The van der Waals surface area contributed by atoms with E-state index in [1.165, 1.54) is 25.6 Å². The normalized spacial score (nSPS) is 11.9. The molecule has 3 aromatic rings. The fourth-order valence-corrected chi connectivity index (χ4v) is 5.07. The van der Waals surface area contributed by atoms with Gasteiger partial charge in [0.25, 0.3) is 10.0 Å². The maximum absolute atomic E-state index is 13.2. The largest absolute Gasteiger partial charge is 0.497 e. The molecule has 0 saturated heterocycles. The van der Waals surface area contributed by atoms with Crippen LogP contribution in [0.15, 0.2) is 29.4 Å². The summed E-state index contributed by atoms with van der Waals surface area (Å²) in [6.45, 7) is 5.77. The average molecular weight is 396 g/mol. The Morgan fingerprint density at radius 3 is 2.58 bits per heavy atom. The van der Waals surface area contributed by atoms with Crippen LogP contribution in [0, 0.1) is 6.92 Å². The van der Waals surface area contributed by atoms with Gasteiger partial charge >= 0.3 is 0 Å². The van der Waals surface area contributed by atoms with Crippen LogP contribution < -0.4 is 14.2 Å². The molecule has 0 bridgehead atoms. The number of sulfonamides is 1. The first-order chi connectivity index (χ1) is 12.3. The summed E-state index contributed by atoms with van der Waals surface area (Å²) in [5, 5.41) is 0.157. The molecule has 9 heteroatoms. The van der Waals surface area contributed by atoms with Crippen molar-refractivity contribution in [2.75, 3.05) is 18.9 Å². The molecule has 0 amide bonds. The predicted molar refractivity (Wildman–Crippen MR) is 102 cm³/mol. The van der Waals surface area contributed by atoms with Gasteiger partial charge in [-0.25, -0.2) is 4.98 Å². The predicted octanol–water partition coefficient (Wildman–Crippen LogP) is 3.65. The Hall–Kier alpha value is -2.26. The number of rotatable bonds is 6. The van der Waals surface area contributed by atoms with E-state index in [0.717, 1.165) is 4.88 Å². The molecule has 0 radical (unpaired) electrons. The minimum absolute atomic E-state index is 0.0354. The summed E-state index contributed by atoms with van der Waals surface area (Å²) in [6.07, 6.45) is 1.79. The number of ether oxygens (including phenoxy) is 2. The number of methoxy groups -OCH3 is 2. The summed E-state index contributed by atoms with van der Waals surface area (Å²) >= 11 is 1.46. The highest BCUT2D eigenvalue weighted by atomic mass is 32.2. The Labute approximate surface area is 156 Å². The van der Waals surface area contributed by atoms with E-state index in [1.54, 1.807) is 28.8 Å². The molecule has 0 aliphatic heterocycles. The Balaban J connectivity index is 2.12. The number of nitrogens with zero attached hydrogens (tertiary/aromatic N) is 2. The van der Waals surface area contributed by atoms with Gasteiger partial charge in [0.1, 0.15) is 11.5 Å². The first-order valence-electron chi connectivity index (χ1n) is 8.00. The van der Waals surface area contributed by atoms with Crippen LogP contribution in [0.1, 0.15) is 30.3 Å². The SMILES string of the molecule is COc1ccc(NS(=O)(=O)c2c(C(C)C)nc3sc(C)cn23)c(OC)c1. The number of hydrogen-bond donors (Lipinski definition) is 1. The van der Waals surface area contributed by atoms with E-state index in [9.17, 15) is 8.42 Å². The Bertz CT molecular complexity index is 1050. The van der Waals surface area contributed by atoms with Crippen molar-refractivity contribution in [1.29, 1.82) is 0 Å². The molecular formula is C17H21N3O4S2. The van der Waals surface area contributed by atoms with Gasteiger partial charge < -0.3 is 9.47 Å². The van der Waals surface area contributed by atoms with Crippen molar-refractivity contribution in [3.05, 3.63) is 35.0 Å². The molecule has 2 heterocycles. The molecule has 0 spiro atoms. The van der Waals surface area contributed by atoms with E-state index in [4.69, 9.17) is 9.47 Å². The third kappa shape index (κ3) is 3.24. The monoisotopic (exact) mass is 395 g/mol. The van der Waals surface area contributed by atoms with Crippen molar-refractivity contribution in [2.24, 2.45) is 0 Å². The van der Waals surface area contributed by atoms with Gasteiger partial charge in [-0.15, -0.1) is 11.3 Å². The number of fused-ring (bicyclic) bond motifs is 1. The van der Waals surface area contributed by atoms with Crippen LogP contribution in [-0.2, 0) is 10.0 Å². The average Bonchev–Trinajstić information content (AvgIpc) is 3.10. The molecule has 0 aliphatic rings. The summed E-state index contributed by atoms with van der Waals surface area (Å²) in [5.41, 5.74) is 0.876. The number of nitrogens with one attached hydrogen (secondary N) is 1. The Morgan fingerprint density at radius 2 is 1.96 bits per heavy atom. The van der Waals surface area contributed by atoms with Crippen molar-refractivity contribution < 1.29 is 17.9 Å². The van der Waals surface area contributed by atoms with Crippen molar-refractivity contribution in [3.8, 4) is 11.5 Å². The van der Waals surface area contributed by atoms with Crippen LogP contribution in [0.5, 0.6) is 11.5 Å². The van der Waals surface area contributed by atoms with E-state index < -0.39 is 10.0 Å². The first-order valence-corrected chi connectivity index (χ1v) is 10.3. The lowest BCUT2D eigenvalue weighted by Gasteiger charge is -2.14. The van der Waals surface area contributed by atoms with Crippen LogP contribution in [0.25, 0.3) is 4.96 Å². The number of hydrogen-bond acceptors (Lipinski definition) is 6. The smallest absolute Gasteiger partial charge is 0.279 e. The van der Waals surface area contributed by atoms with Crippen LogP contribution in [0.4, 0.5) is 5.69 Å². The summed E-state index contributed by atoms with van der Waals surface area (Å²) in [6, 6.07) is 4.91. The summed E-state index contributed by atoms with van der Waals surface area (Å²) in [5.74, 6) is 0.917. The molecule has 1 N–H and O–H groups in total. The molecule has 0 atom stereocenters. The quantitative estimate of drug-likeness (QED) is 0.689. The van der Waals surface area contributed by atoms with Crippen molar-refractivity contribution in [1.82, 2.24) is 9.38 Å². The number of aromatic nitrogens is 2. The van der Waals surface area contributed by atoms with Crippen LogP contribution in [0.3, 0.4) is 0 Å². The topological polar surface area (TPSA) is 81.9 Å². The lowest BCUT2D eigenvalue weighted by atomic mass is 10.2. The summed E-state index contributed by atoms with van der Waals surface area (Å²) in [4.78, 5) is 6.17. The van der Waals surface area contributed by atoms with Gasteiger partial charge in [-0.3, -0.25) is 9.12 Å². The third-order valence-electron chi connectivity index (χ3n) is 3.88. The van der Waals surface area contributed by atoms with Crippen molar-refractivity contribution in [2.45, 2.75) is 31.7 Å². The Kier molecular flexibility index (Phi) is 4.85. The molecule has 0 unspecified atom stereocenters. The molecule has 2 aromatic heterocycles. The maximum Gasteiger partial charge on any atom is 0.279 e. The molecule has 0 fully saturated rings. The molecule has 0 aliphatic carbocycles. The third-order valence-corrected chi connectivity index (χ3v) is 6.18. The molecule has 140 valence electrons. The zero-order valence-electron chi connectivity index (χ0n) is 15.2. The second-order valence-corrected chi connectivity index (χ2v) is 8.93. The van der Waals surface area contributed by atoms with Gasteiger partial charge in [0.05, 0.1) is 25.6 Å². The van der Waals surface area contributed by atoms with E-state index in [-0.39, 0.29) is 10.9 Å². The fourth-order valence-electron chi connectivity index (χ4n) is 2.67. The van der Waals surface area contributed by atoms with Crippen LogP contribution in [-0.4, -0.2) is 32.0 Å². The van der Waals surface area contributed by atoms with E-state index >= 15 is 0 Å². The van der Waals surface area contributed by atoms with Gasteiger partial charge in [0, 0.05) is 17.1 Å². The minimum atomic E-state index is -3.87. The lowest BCUT2D eigenvalue weighted by molar-refractivity contribution is 0.395. The van der Waals surface area contributed by atoms with Gasteiger partial charge in [-0.05, 0) is 25.0 Å². The van der Waals surface area contributed by atoms with Gasteiger partial charge in [0.2, 0.25) is 0 Å². The highest BCUT2D eigenvalue weighted by Crippen LogP contribution is 2.34.